The number of nitrogens with zero attached hydrogens (tertiary/aromatic N) is 6. The summed E-state index contributed by atoms with van der Waals surface area (Å²) < 4.78 is 52.7. The third-order valence-electron chi connectivity index (χ3n) is 6.47. The molecule has 1 aliphatic carbocycles. The molecule has 11 heteroatoms. The molecule has 172 valence electrons. The Kier molecular flexibility index (Phi) is 5.06. The zero-order valence-corrected chi connectivity index (χ0v) is 17.6. The zero-order chi connectivity index (χ0) is 23.3. The number of hydrogen-bond acceptors (Lipinski definition) is 5. The van der Waals surface area contributed by atoms with Gasteiger partial charge in [-0.2, -0.15) is 28.2 Å². The van der Waals surface area contributed by atoms with Crippen LogP contribution >= 0.6 is 0 Å². The fourth-order valence-electron chi connectivity index (χ4n) is 4.92. The molecule has 33 heavy (non-hydrogen) atoms. The Morgan fingerprint density at radius 2 is 1.88 bits per heavy atom. The van der Waals surface area contributed by atoms with Gasteiger partial charge in [0.15, 0.2) is 0 Å². The number of alkyl halides is 3. The van der Waals surface area contributed by atoms with Crippen molar-refractivity contribution in [3.63, 3.8) is 0 Å². The van der Waals surface area contributed by atoms with E-state index in [0.29, 0.717) is 18.1 Å². The highest BCUT2D eigenvalue weighted by Crippen LogP contribution is 2.42. The molecule has 3 atom stereocenters. The van der Waals surface area contributed by atoms with Crippen molar-refractivity contribution in [2.75, 3.05) is 18.5 Å². The van der Waals surface area contributed by atoms with Gasteiger partial charge in [0.2, 0.25) is 0 Å². The molecule has 1 aromatic carbocycles. The summed E-state index contributed by atoms with van der Waals surface area (Å²) >= 11 is 0. The molecule has 3 aromatic rings. The number of pyridine rings is 1. The number of rotatable bonds is 4. The smallest absolute Gasteiger partial charge is 0.355 e. The second-order valence-corrected chi connectivity index (χ2v) is 8.42. The first-order chi connectivity index (χ1) is 15.7. The number of likely N-dealkylation sites (tertiary alicyclic amines) is 1. The van der Waals surface area contributed by atoms with Gasteiger partial charge in [-0.15, -0.1) is 0 Å². The second-order valence-electron chi connectivity index (χ2n) is 8.42. The van der Waals surface area contributed by atoms with Gasteiger partial charge in [-0.1, -0.05) is 0 Å². The summed E-state index contributed by atoms with van der Waals surface area (Å²) in [6.07, 6.45) is 0.870. The van der Waals surface area contributed by atoms with Gasteiger partial charge in [0.05, 0.1) is 41.3 Å². The zero-order valence-electron chi connectivity index (χ0n) is 17.6. The Morgan fingerprint density at radius 1 is 1.12 bits per heavy atom. The van der Waals surface area contributed by atoms with Crippen molar-refractivity contribution in [1.82, 2.24) is 24.9 Å². The molecule has 0 N–H and O–H groups in total. The molecule has 2 bridgehead atoms. The van der Waals surface area contributed by atoms with E-state index in [1.54, 1.807) is 11.9 Å². The van der Waals surface area contributed by atoms with Crippen LogP contribution in [0.3, 0.4) is 0 Å². The van der Waals surface area contributed by atoms with Gasteiger partial charge in [0.1, 0.15) is 11.6 Å². The maximum absolute atomic E-state index is 14.0. The predicted molar refractivity (Wildman–Crippen MR) is 110 cm³/mol. The van der Waals surface area contributed by atoms with Crippen LogP contribution in [0.25, 0.3) is 5.69 Å². The normalized spacial score (nSPS) is 22.1. The molecule has 2 unspecified atom stereocenters. The van der Waals surface area contributed by atoms with Gasteiger partial charge in [0, 0.05) is 19.8 Å². The summed E-state index contributed by atoms with van der Waals surface area (Å²) in [6.45, 7) is 0.538. The van der Waals surface area contributed by atoms with E-state index in [4.69, 9.17) is 0 Å². The number of carbonyl (C=O) groups excluding carboxylic acids is 1. The Labute approximate surface area is 186 Å². The van der Waals surface area contributed by atoms with E-state index in [2.05, 4.69) is 15.2 Å². The fourth-order valence-corrected chi connectivity index (χ4v) is 4.92. The van der Waals surface area contributed by atoms with Crippen molar-refractivity contribution in [2.24, 2.45) is 5.92 Å². The Balaban J connectivity index is 1.40. The first kappa shape index (κ1) is 21.4. The molecule has 1 aliphatic heterocycles. The molecule has 0 spiro atoms. The highest BCUT2D eigenvalue weighted by atomic mass is 19.4. The number of aromatic nitrogens is 4. The Bertz CT molecular complexity index is 1160. The van der Waals surface area contributed by atoms with Crippen LogP contribution < -0.4 is 4.90 Å². The van der Waals surface area contributed by atoms with Crippen molar-refractivity contribution in [3.8, 4) is 5.69 Å². The van der Waals surface area contributed by atoms with Crippen molar-refractivity contribution in [3.05, 3.63) is 65.9 Å². The number of anilines is 1. The molecule has 2 fully saturated rings. The van der Waals surface area contributed by atoms with Gasteiger partial charge in [-0.25, -0.2) is 9.37 Å². The number of hydrogen-bond donors (Lipinski definition) is 0. The molecule has 1 amide bonds. The summed E-state index contributed by atoms with van der Waals surface area (Å²) in [7, 11) is 1.77. The van der Waals surface area contributed by atoms with E-state index in [0.717, 1.165) is 25.1 Å². The number of amides is 1. The van der Waals surface area contributed by atoms with E-state index >= 15 is 0 Å². The summed E-state index contributed by atoms with van der Waals surface area (Å²) in [6, 6.07) is 5.96. The van der Waals surface area contributed by atoms with E-state index in [-0.39, 0.29) is 29.5 Å². The standard InChI is InChI=1S/C22H20F4N6O/c1-30(20-5-2-14(11-27-20)22(24,25)26)18-8-13-9-19(18)31(12-13)21(33)16-10-15(23)3-4-17(16)32-28-6-7-29-32/h2-7,10-11,13,18-19H,8-9,12H2,1H3/t13?,18-,19?/m0/s1. The summed E-state index contributed by atoms with van der Waals surface area (Å²) in [5.41, 5.74) is -0.272. The van der Waals surface area contributed by atoms with Crippen LogP contribution in [0.1, 0.15) is 28.8 Å². The molecule has 2 aromatic heterocycles. The average Bonchev–Trinajstić information content (AvgIpc) is 3.55. The third-order valence-corrected chi connectivity index (χ3v) is 6.47. The fraction of sp³-hybridized carbons (Fsp3) is 0.364. The van der Waals surface area contributed by atoms with Gasteiger partial charge >= 0.3 is 6.18 Å². The molecule has 0 radical (unpaired) electrons. The van der Waals surface area contributed by atoms with E-state index in [1.807, 2.05) is 4.90 Å². The Hall–Kier alpha value is -3.50. The lowest BCUT2D eigenvalue weighted by Gasteiger charge is -2.39. The van der Waals surface area contributed by atoms with Crippen LogP contribution in [0.4, 0.5) is 23.4 Å². The van der Waals surface area contributed by atoms with Crippen LogP contribution in [-0.2, 0) is 6.18 Å². The minimum atomic E-state index is -4.45. The molecular weight excluding hydrogens is 440 g/mol. The topological polar surface area (TPSA) is 67.2 Å². The highest BCUT2D eigenvalue weighted by molar-refractivity contribution is 5.98. The maximum atomic E-state index is 14.0. The molecule has 2 aliphatic rings. The summed E-state index contributed by atoms with van der Waals surface area (Å²) in [5.74, 6) is -0.213. The number of piperidine rings is 1. The summed E-state index contributed by atoms with van der Waals surface area (Å²) in [4.78, 5) is 22.3. The minimum Gasteiger partial charge on any atom is -0.355 e. The van der Waals surface area contributed by atoms with E-state index in [1.165, 1.54) is 41.5 Å². The van der Waals surface area contributed by atoms with Crippen molar-refractivity contribution >= 4 is 11.7 Å². The van der Waals surface area contributed by atoms with Crippen LogP contribution in [-0.4, -0.2) is 56.5 Å². The number of fused-ring (bicyclic) bond motifs is 2. The monoisotopic (exact) mass is 460 g/mol. The van der Waals surface area contributed by atoms with Gasteiger partial charge in [-0.05, 0) is 49.1 Å². The average molecular weight is 460 g/mol. The number of likely N-dealkylation sites (N-methyl/N-ethyl adjacent to an activating group) is 1. The van der Waals surface area contributed by atoms with Crippen molar-refractivity contribution < 1.29 is 22.4 Å². The van der Waals surface area contributed by atoms with Gasteiger partial charge in [-0.3, -0.25) is 4.79 Å². The molecule has 3 heterocycles. The number of benzene rings is 1. The van der Waals surface area contributed by atoms with Crippen LogP contribution in [0.2, 0.25) is 0 Å². The molecular formula is C22H20F4N6O. The van der Waals surface area contributed by atoms with Gasteiger partial charge in [0.25, 0.3) is 5.91 Å². The second kappa shape index (κ2) is 7.82. The molecule has 5 rings (SSSR count). The van der Waals surface area contributed by atoms with Crippen LogP contribution in [0, 0.1) is 11.7 Å². The van der Waals surface area contributed by atoms with Crippen molar-refractivity contribution in [2.45, 2.75) is 31.1 Å². The van der Waals surface area contributed by atoms with Crippen LogP contribution in [0.15, 0.2) is 48.9 Å². The molecule has 7 nitrogen and oxygen atoms in total. The predicted octanol–water partition coefficient (Wildman–Crippen LogP) is 3.56. The molecule has 1 saturated carbocycles. The Morgan fingerprint density at radius 3 is 2.52 bits per heavy atom. The SMILES string of the molecule is CN(c1ccc(C(F)(F)F)cn1)[C@H]1CC2CC1N(C(=O)c1cc(F)ccc1-n1nccn1)C2. The maximum Gasteiger partial charge on any atom is 0.417 e. The largest absolute Gasteiger partial charge is 0.417 e. The minimum absolute atomic E-state index is 0.114. The quantitative estimate of drug-likeness (QED) is 0.557. The van der Waals surface area contributed by atoms with Gasteiger partial charge < -0.3 is 9.80 Å². The molecule has 1 saturated heterocycles. The highest BCUT2D eigenvalue weighted by Gasteiger charge is 2.49. The number of halogens is 4. The lowest BCUT2D eigenvalue weighted by atomic mass is 10.0. The first-order valence-electron chi connectivity index (χ1n) is 10.5. The summed E-state index contributed by atoms with van der Waals surface area (Å²) in [5, 5.41) is 8.11. The third kappa shape index (κ3) is 3.81. The van der Waals surface area contributed by atoms with Crippen LogP contribution in [0.5, 0.6) is 0 Å². The van der Waals surface area contributed by atoms with E-state index < -0.39 is 17.6 Å². The first-order valence-corrected chi connectivity index (χ1v) is 10.5. The van der Waals surface area contributed by atoms with E-state index in [9.17, 15) is 22.4 Å². The number of carbonyl (C=O) groups is 1. The van der Waals surface area contributed by atoms with Crippen molar-refractivity contribution in [1.29, 1.82) is 0 Å². The lowest BCUT2D eigenvalue weighted by Crippen LogP contribution is -2.51. The lowest BCUT2D eigenvalue weighted by molar-refractivity contribution is -0.137.